The minimum absolute atomic E-state index is 0.397. The molecular formula is C19H21F2N3S. The van der Waals surface area contributed by atoms with E-state index in [-0.39, 0.29) is 0 Å². The maximum absolute atomic E-state index is 13.8. The van der Waals surface area contributed by atoms with Crippen LogP contribution in [0.1, 0.15) is 11.1 Å². The zero-order chi connectivity index (χ0) is 17.8. The van der Waals surface area contributed by atoms with Gasteiger partial charge in [-0.05, 0) is 36.8 Å². The first-order valence-electron chi connectivity index (χ1n) is 8.31. The number of hydrogen-bond acceptors (Lipinski definition) is 2. The van der Waals surface area contributed by atoms with E-state index in [2.05, 4.69) is 15.1 Å². The standard InChI is InChI=1S/C19H21F2N3S/c1-14-5-2-3-8-17(14)22-19(25)24-11-9-23(10-12-24)13-15-6-4-7-16(20)18(15)21/h2-8H,9-13H2,1H3,(H,22,25). The van der Waals surface area contributed by atoms with Gasteiger partial charge in [-0.25, -0.2) is 8.78 Å². The lowest BCUT2D eigenvalue weighted by Crippen LogP contribution is -2.49. The fourth-order valence-corrected chi connectivity index (χ4v) is 3.22. The van der Waals surface area contributed by atoms with E-state index < -0.39 is 11.6 Å². The molecule has 0 radical (unpaired) electrons. The Morgan fingerprint density at radius 3 is 2.48 bits per heavy atom. The zero-order valence-electron chi connectivity index (χ0n) is 14.1. The third-order valence-electron chi connectivity index (χ3n) is 4.47. The minimum Gasteiger partial charge on any atom is -0.346 e. The molecule has 25 heavy (non-hydrogen) atoms. The second-order valence-corrected chi connectivity index (χ2v) is 6.61. The highest BCUT2D eigenvalue weighted by atomic mass is 32.1. The maximum atomic E-state index is 13.8. The molecule has 0 unspecified atom stereocenters. The molecule has 0 spiro atoms. The van der Waals surface area contributed by atoms with Crippen LogP contribution >= 0.6 is 12.2 Å². The van der Waals surface area contributed by atoms with Gasteiger partial charge in [0.05, 0.1) is 0 Å². The van der Waals surface area contributed by atoms with Crippen LogP contribution in [0, 0.1) is 18.6 Å². The van der Waals surface area contributed by atoms with Crippen LogP contribution in [-0.4, -0.2) is 41.1 Å². The summed E-state index contributed by atoms with van der Waals surface area (Å²) in [6.45, 7) is 5.48. The van der Waals surface area contributed by atoms with E-state index in [0.29, 0.717) is 17.2 Å². The number of rotatable bonds is 3. The summed E-state index contributed by atoms with van der Waals surface area (Å²) in [7, 11) is 0. The molecule has 1 aliphatic heterocycles. The lowest BCUT2D eigenvalue weighted by atomic mass is 10.1. The van der Waals surface area contributed by atoms with Gasteiger partial charge in [-0.2, -0.15) is 0 Å². The molecule has 1 saturated heterocycles. The van der Waals surface area contributed by atoms with Gasteiger partial charge in [0.25, 0.3) is 0 Å². The van der Waals surface area contributed by atoms with Crippen molar-refractivity contribution < 1.29 is 8.78 Å². The molecular weight excluding hydrogens is 340 g/mol. The van der Waals surface area contributed by atoms with Crippen LogP contribution in [0.25, 0.3) is 0 Å². The number of para-hydroxylation sites is 1. The summed E-state index contributed by atoms with van der Waals surface area (Å²) in [5.74, 6) is -1.54. The average Bonchev–Trinajstić information content (AvgIpc) is 2.61. The number of thiocarbonyl (C=S) groups is 1. The van der Waals surface area contributed by atoms with Crippen molar-refractivity contribution in [2.24, 2.45) is 0 Å². The molecule has 3 nitrogen and oxygen atoms in total. The molecule has 132 valence electrons. The van der Waals surface area contributed by atoms with Crippen LogP contribution in [0.4, 0.5) is 14.5 Å². The van der Waals surface area contributed by atoms with Gasteiger partial charge in [0, 0.05) is 44.0 Å². The summed E-state index contributed by atoms with van der Waals surface area (Å²) in [5.41, 5.74) is 2.55. The van der Waals surface area contributed by atoms with Crippen molar-refractivity contribution in [2.75, 3.05) is 31.5 Å². The number of nitrogens with zero attached hydrogens (tertiary/aromatic N) is 2. The van der Waals surface area contributed by atoms with Crippen LogP contribution in [0.3, 0.4) is 0 Å². The van der Waals surface area contributed by atoms with Crippen molar-refractivity contribution in [3.05, 3.63) is 65.2 Å². The van der Waals surface area contributed by atoms with Crippen LogP contribution in [-0.2, 0) is 6.54 Å². The van der Waals surface area contributed by atoms with E-state index in [1.54, 1.807) is 12.1 Å². The van der Waals surface area contributed by atoms with Crippen LogP contribution < -0.4 is 5.32 Å². The van der Waals surface area contributed by atoms with Crippen LogP contribution in [0.5, 0.6) is 0 Å². The Labute approximate surface area is 152 Å². The van der Waals surface area contributed by atoms with E-state index in [1.807, 2.05) is 31.2 Å². The number of piperazine rings is 1. The van der Waals surface area contributed by atoms with Crippen molar-refractivity contribution >= 4 is 23.0 Å². The molecule has 0 aromatic heterocycles. The van der Waals surface area contributed by atoms with E-state index in [0.717, 1.165) is 43.5 Å². The normalized spacial score (nSPS) is 15.2. The second-order valence-electron chi connectivity index (χ2n) is 6.22. The summed E-state index contributed by atoms with van der Waals surface area (Å²) in [5, 5.41) is 3.99. The third kappa shape index (κ3) is 4.32. The number of aryl methyl sites for hydroxylation is 1. The molecule has 1 aliphatic rings. The van der Waals surface area contributed by atoms with Gasteiger partial charge in [0.1, 0.15) is 0 Å². The third-order valence-corrected chi connectivity index (χ3v) is 4.83. The Balaban J connectivity index is 1.54. The summed E-state index contributed by atoms with van der Waals surface area (Å²) in [4.78, 5) is 4.23. The van der Waals surface area contributed by atoms with Gasteiger partial charge >= 0.3 is 0 Å². The Morgan fingerprint density at radius 1 is 1.04 bits per heavy atom. The molecule has 6 heteroatoms. The molecule has 0 aliphatic carbocycles. The molecule has 2 aromatic rings. The van der Waals surface area contributed by atoms with Crippen molar-refractivity contribution in [1.29, 1.82) is 0 Å². The largest absolute Gasteiger partial charge is 0.346 e. The van der Waals surface area contributed by atoms with Crippen LogP contribution in [0.2, 0.25) is 0 Å². The molecule has 3 rings (SSSR count). The zero-order valence-corrected chi connectivity index (χ0v) is 15.0. The average molecular weight is 361 g/mol. The Hall–Kier alpha value is -2.05. The Bertz CT molecular complexity index is 758. The molecule has 0 bridgehead atoms. The molecule has 0 amide bonds. The van der Waals surface area contributed by atoms with Gasteiger partial charge in [-0.15, -0.1) is 0 Å². The highest BCUT2D eigenvalue weighted by Crippen LogP contribution is 2.17. The molecule has 1 fully saturated rings. The van der Waals surface area contributed by atoms with Gasteiger partial charge in [0.2, 0.25) is 0 Å². The Morgan fingerprint density at radius 2 is 1.76 bits per heavy atom. The van der Waals surface area contributed by atoms with E-state index >= 15 is 0 Å². The smallest absolute Gasteiger partial charge is 0.173 e. The highest BCUT2D eigenvalue weighted by Gasteiger charge is 2.20. The Kier molecular flexibility index (Phi) is 5.60. The number of halogens is 2. The van der Waals surface area contributed by atoms with Crippen LogP contribution in [0.15, 0.2) is 42.5 Å². The van der Waals surface area contributed by atoms with Crippen molar-refractivity contribution in [1.82, 2.24) is 9.80 Å². The first kappa shape index (κ1) is 17.8. The predicted molar refractivity (Wildman–Crippen MR) is 101 cm³/mol. The summed E-state index contributed by atoms with van der Waals surface area (Å²) < 4.78 is 27.1. The summed E-state index contributed by atoms with van der Waals surface area (Å²) in [6.07, 6.45) is 0. The molecule has 0 saturated carbocycles. The van der Waals surface area contributed by atoms with Gasteiger partial charge in [-0.1, -0.05) is 30.3 Å². The highest BCUT2D eigenvalue weighted by molar-refractivity contribution is 7.80. The van der Waals surface area contributed by atoms with Gasteiger partial charge < -0.3 is 10.2 Å². The molecule has 1 N–H and O–H groups in total. The minimum atomic E-state index is -0.792. The van der Waals surface area contributed by atoms with E-state index in [4.69, 9.17) is 12.2 Å². The number of benzene rings is 2. The lowest BCUT2D eigenvalue weighted by Gasteiger charge is -2.36. The fraction of sp³-hybridized carbons (Fsp3) is 0.316. The molecule has 2 aromatic carbocycles. The topological polar surface area (TPSA) is 18.5 Å². The second kappa shape index (κ2) is 7.89. The summed E-state index contributed by atoms with van der Waals surface area (Å²) in [6, 6.07) is 12.3. The molecule has 0 atom stereocenters. The van der Waals surface area contributed by atoms with E-state index in [1.165, 1.54) is 0 Å². The molecule has 1 heterocycles. The maximum Gasteiger partial charge on any atom is 0.173 e. The number of nitrogens with one attached hydrogen (secondary N) is 1. The van der Waals surface area contributed by atoms with Crippen molar-refractivity contribution in [2.45, 2.75) is 13.5 Å². The SMILES string of the molecule is Cc1ccccc1NC(=S)N1CCN(Cc2cccc(F)c2F)CC1. The van der Waals surface area contributed by atoms with Crippen molar-refractivity contribution in [3.63, 3.8) is 0 Å². The van der Waals surface area contributed by atoms with Gasteiger partial charge in [-0.3, -0.25) is 4.90 Å². The van der Waals surface area contributed by atoms with Crippen molar-refractivity contribution in [3.8, 4) is 0 Å². The predicted octanol–water partition coefficient (Wildman–Crippen LogP) is 3.79. The first-order chi connectivity index (χ1) is 12.0. The quantitative estimate of drug-likeness (QED) is 0.838. The van der Waals surface area contributed by atoms with Gasteiger partial charge in [0.15, 0.2) is 16.7 Å². The fourth-order valence-electron chi connectivity index (χ4n) is 2.93. The number of hydrogen-bond donors (Lipinski definition) is 1. The lowest BCUT2D eigenvalue weighted by molar-refractivity contribution is 0.175. The first-order valence-corrected chi connectivity index (χ1v) is 8.72. The monoisotopic (exact) mass is 361 g/mol. The summed E-state index contributed by atoms with van der Waals surface area (Å²) >= 11 is 5.51. The number of anilines is 1. The van der Waals surface area contributed by atoms with E-state index in [9.17, 15) is 8.78 Å².